The molecule has 3 rings (SSSR count). The van der Waals surface area contributed by atoms with Crippen molar-refractivity contribution in [2.75, 3.05) is 25.6 Å². The van der Waals surface area contributed by atoms with Gasteiger partial charge in [-0.3, -0.25) is 4.79 Å². The van der Waals surface area contributed by atoms with Crippen LogP contribution in [0, 0.1) is 6.92 Å². The predicted octanol–water partition coefficient (Wildman–Crippen LogP) is 3.39. The van der Waals surface area contributed by atoms with E-state index in [1.807, 2.05) is 31.2 Å². The highest BCUT2D eigenvalue weighted by Gasteiger charge is 2.41. The second kappa shape index (κ2) is 7.80. The second-order valence-electron chi connectivity index (χ2n) is 6.73. The number of amides is 1. The van der Waals surface area contributed by atoms with Gasteiger partial charge in [0.2, 0.25) is 5.91 Å². The lowest BCUT2D eigenvalue weighted by atomic mass is 9.73. The highest BCUT2D eigenvalue weighted by molar-refractivity contribution is 6.00. The summed E-state index contributed by atoms with van der Waals surface area (Å²) in [5.41, 5.74) is 1.97. The quantitative estimate of drug-likeness (QED) is 0.844. The molecular weight excluding hydrogens is 346 g/mol. The molecule has 142 valence electrons. The van der Waals surface area contributed by atoms with Crippen molar-refractivity contribution >= 4 is 17.6 Å². The van der Waals surface area contributed by atoms with Crippen LogP contribution in [-0.4, -0.2) is 37.3 Å². The third kappa shape index (κ3) is 3.80. The molecule has 1 heterocycles. The number of aryl methyl sites for hydroxylation is 1. The zero-order valence-electron chi connectivity index (χ0n) is 15.5. The van der Waals surface area contributed by atoms with E-state index < -0.39 is 11.4 Å². The fourth-order valence-corrected chi connectivity index (χ4v) is 3.44. The Morgan fingerprint density at radius 1 is 1.11 bits per heavy atom. The number of rotatable bonds is 5. The summed E-state index contributed by atoms with van der Waals surface area (Å²) in [6.07, 6.45) is 1.18. The monoisotopic (exact) mass is 369 g/mol. The van der Waals surface area contributed by atoms with E-state index in [1.54, 1.807) is 6.07 Å². The molecular formula is C21H23NO5. The molecule has 2 aromatic carbocycles. The zero-order chi connectivity index (χ0) is 19.4. The molecule has 0 spiro atoms. The third-order valence-electron chi connectivity index (χ3n) is 5.07. The highest BCUT2D eigenvalue weighted by Crippen LogP contribution is 2.36. The molecule has 1 amide bonds. The Balaban J connectivity index is 1.91. The van der Waals surface area contributed by atoms with E-state index in [0.29, 0.717) is 31.7 Å². The normalized spacial score (nSPS) is 15.8. The summed E-state index contributed by atoms with van der Waals surface area (Å²) < 4.78 is 10.6. The SMILES string of the molecule is COc1cc(NC(=O)C2(c3ccc(C)cc3)CCOCC2)ccc1C(=O)O. The van der Waals surface area contributed by atoms with Crippen molar-refractivity contribution in [1.29, 1.82) is 0 Å². The van der Waals surface area contributed by atoms with Crippen LogP contribution in [-0.2, 0) is 14.9 Å². The molecule has 0 aromatic heterocycles. The first-order valence-corrected chi connectivity index (χ1v) is 8.84. The Hall–Kier alpha value is -2.86. The molecule has 1 aliphatic heterocycles. The van der Waals surface area contributed by atoms with E-state index >= 15 is 0 Å². The van der Waals surface area contributed by atoms with Gasteiger partial charge in [0.25, 0.3) is 0 Å². The first-order chi connectivity index (χ1) is 13.0. The van der Waals surface area contributed by atoms with Gasteiger partial charge in [0, 0.05) is 25.0 Å². The molecule has 6 nitrogen and oxygen atoms in total. The number of nitrogens with one attached hydrogen (secondary N) is 1. The fourth-order valence-electron chi connectivity index (χ4n) is 3.44. The topological polar surface area (TPSA) is 84.9 Å². The van der Waals surface area contributed by atoms with Gasteiger partial charge in [0.05, 0.1) is 12.5 Å². The summed E-state index contributed by atoms with van der Waals surface area (Å²) in [5.74, 6) is -0.998. The van der Waals surface area contributed by atoms with Crippen LogP contribution in [0.25, 0.3) is 0 Å². The van der Waals surface area contributed by atoms with Gasteiger partial charge >= 0.3 is 5.97 Å². The van der Waals surface area contributed by atoms with Gasteiger partial charge in [0.15, 0.2) is 0 Å². The molecule has 0 bridgehead atoms. The minimum absolute atomic E-state index is 0.0508. The van der Waals surface area contributed by atoms with Crippen LogP contribution in [0.2, 0.25) is 0 Å². The highest BCUT2D eigenvalue weighted by atomic mass is 16.5. The second-order valence-corrected chi connectivity index (χ2v) is 6.73. The van der Waals surface area contributed by atoms with Crippen molar-refractivity contribution < 1.29 is 24.2 Å². The number of hydrogen-bond donors (Lipinski definition) is 2. The predicted molar refractivity (Wildman–Crippen MR) is 101 cm³/mol. The lowest BCUT2D eigenvalue weighted by Gasteiger charge is -2.36. The first kappa shape index (κ1) is 18.9. The zero-order valence-corrected chi connectivity index (χ0v) is 15.5. The summed E-state index contributed by atoms with van der Waals surface area (Å²) in [6, 6.07) is 12.5. The smallest absolute Gasteiger partial charge is 0.339 e. The number of benzene rings is 2. The molecule has 0 unspecified atom stereocenters. The van der Waals surface area contributed by atoms with Crippen molar-refractivity contribution in [3.05, 3.63) is 59.2 Å². The third-order valence-corrected chi connectivity index (χ3v) is 5.07. The van der Waals surface area contributed by atoms with Gasteiger partial charge in [0.1, 0.15) is 11.3 Å². The van der Waals surface area contributed by atoms with Gasteiger partial charge < -0.3 is 19.9 Å². The van der Waals surface area contributed by atoms with Crippen LogP contribution in [0.5, 0.6) is 5.75 Å². The van der Waals surface area contributed by atoms with Crippen LogP contribution in [0.3, 0.4) is 0 Å². The standard InChI is InChI=1S/C21H23NO5/c1-14-3-5-15(6-4-14)21(9-11-27-12-10-21)20(25)22-16-7-8-17(19(23)24)18(13-16)26-2/h3-8,13H,9-12H2,1-2H3,(H,22,25)(H,23,24). The van der Waals surface area contributed by atoms with Gasteiger partial charge in [-0.15, -0.1) is 0 Å². The van der Waals surface area contributed by atoms with E-state index in [0.717, 1.165) is 11.1 Å². The van der Waals surface area contributed by atoms with E-state index in [1.165, 1.54) is 19.2 Å². The number of methoxy groups -OCH3 is 1. The van der Waals surface area contributed by atoms with Crippen molar-refractivity contribution in [3.8, 4) is 5.75 Å². The molecule has 27 heavy (non-hydrogen) atoms. The summed E-state index contributed by atoms with van der Waals surface area (Å²) in [5, 5.41) is 12.1. The number of carboxylic acids is 1. The lowest BCUT2D eigenvalue weighted by molar-refractivity contribution is -0.125. The summed E-state index contributed by atoms with van der Waals surface area (Å²) in [6.45, 7) is 3.04. The Kier molecular flexibility index (Phi) is 5.46. The Morgan fingerprint density at radius 3 is 2.37 bits per heavy atom. The van der Waals surface area contributed by atoms with Crippen molar-refractivity contribution in [1.82, 2.24) is 0 Å². The minimum Gasteiger partial charge on any atom is -0.496 e. The van der Waals surface area contributed by atoms with Gasteiger partial charge in [-0.25, -0.2) is 4.79 Å². The number of aromatic carboxylic acids is 1. The molecule has 1 saturated heterocycles. The van der Waals surface area contributed by atoms with E-state index in [2.05, 4.69) is 5.32 Å². The number of anilines is 1. The number of carboxylic acid groups (broad SMARTS) is 1. The fraction of sp³-hybridized carbons (Fsp3) is 0.333. The molecule has 2 N–H and O–H groups in total. The van der Waals surface area contributed by atoms with E-state index in [4.69, 9.17) is 9.47 Å². The molecule has 0 saturated carbocycles. The molecule has 6 heteroatoms. The Morgan fingerprint density at radius 2 is 1.78 bits per heavy atom. The van der Waals surface area contributed by atoms with Gasteiger partial charge in [-0.1, -0.05) is 29.8 Å². The maximum atomic E-state index is 13.3. The van der Waals surface area contributed by atoms with Crippen LogP contribution in [0.4, 0.5) is 5.69 Å². The maximum absolute atomic E-state index is 13.3. The van der Waals surface area contributed by atoms with Crippen molar-refractivity contribution in [2.45, 2.75) is 25.2 Å². The molecule has 2 aromatic rings. The summed E-state index contributed by atoms with van der Waals surface area (Å²) in [4.78, 5) is 24.5. The minimum atomic E-state index is -1.08. The molecule has 0 atom stereocenters. The number of hydrogen-bond acceptors (Lipinski definition) is 4. The number of carbonyl (C=O) groups is 2. The van der Waals surface area contributed by atoms with E-state index in [-0.39, 0.29) is 17.2 Å². The van der Waals surface area contributed by atoms with Crippen molar-refractivity contribution in [2.24, 2.45) is 0 Å². The maximum Gasteiger partial charge on any atom is 0.339 e. The van der Waals surface area contributed by atoms with Gasteiger partial charge in [-0.05, 0) is 37.5 Å². The number of carbonyl (C=O) groups excluding carboxylic acids is 1. The lowest BCUT2D eigenvalue weighted by Crippen LogP contribution is -2.44. The largest absolute Gasteiger partial charge is 0.496 e. The van der Waals surface area contributed by atoms with Crippen molar-refractivity contribution in [3.63, 3.8) is 0 Å². The first-order valence-electron chi connectivity index (χ1n) is 8.84. The van der Waals surface area contributed by atoms with E-state index in [9.17, 15) is 14.7 Å². The Labute approximate surface area is 158 Å². The van der Waals surface area contributed by atoms with Crippen LogP contribution < -0.4 is 10.1 Å². The summed E-state index contributed by atoms with van der Waals surface area (Å²) >= 11 is 0. The molecule has 1 fully saturated rings. The summed E-state index contributed by atoms with van der Waals surface area (Å²) in [7, 11) is 1.40. The molecule has 0 aliphatic carbocycles. The molecule has 1 aliphatic rings. The van der Waals surface area contributed by atoms with Crippen LogP contribution >= 0.6 is 0 Å². The van der Waals surface area contributed by atoms with Crippen LogP contribution in [0.15, 0.2) is 42.5 Å². The van der Waals surface area contributed by atoms with Crippen LogP contribution in [0.1, 0.15) is 34.3 Å². The van der Waals surface area contributed by atoms with Gasteiger partial charge in [-0.2, -0.15) is 0 Å². The average Bonchev–Trinajstić information content (AvgIpc) is 2.68. The average molecular weight is 369 g/mol. The molecule has 0 radical (unpaired) electrons. The Bertz CT molecular complexity index is 838. The number of ether oxygens (including phenoxy) is 2.